The molecule has 1 aliphatic rings. The van der Waals surface area contributed by atoms with E-state index in [4.69, 9.17) is 4.74 Å². The number of nitrogens with zero attached hydrogens (tertiary/aromatic N) is 1. The molecule has 26 heavy (non-hydrogen) atoms. The maximum atomic E-state index is 12.1. The van der Waals surface area contributed by atoms with Crippen molar-refractivity contribution in [2.24, 2.45) is 0 Å². The monoisotopic (exact) mass is 353 g/mol. The zero-order chi connectivity index (χ0) is 18.4. The number of nitrogens with one attached hydrogen (secondary N) is 2. The van der Waals surface area contributed by atoms with Gasteiger partial charge in [-0.15, -0.1) is 0 Å². The fourth-order valence-electron chi connectivity index (χ4n) is 2.91. The second kappa shape index (κ2) is 8.38. The van der Waals surface area contributed by atoms with E-state index < -0.39 is 11.8 Å². The molecule has 136 valence electrons. The molecular weight excluding hydrogens is 330 g/mol. The summed E-state index contributed by atoms with van der Waals surface area (Å²) in [5, 5.41) is 5.19. The van der Waals surface area contributed by atoms with Crippen LogP contribution < -0.4 is 20.3 Å². The van der Waals surface area contributed by atoms with Crippen LogP contribution in [0.1, 0.15) is 19.8 Å². The van der Waals surface area contributed by atoms with Gasteiger partial charge in [-0.2, -0.15) is 0 Å². The van der Waals surface area contributed by atoms with E-state index in [1.807, 2.05) is 31.2 Å². The van der Waals surface area contributed by atoms with E-state index in [0.717, 1.165) is 18.8 Å². The summed E-state index contributed by atoms with van der Waals surface area (Å²) in [5.41, 5.74) is 2.28. The topological polar surface area (TPSA) is 70.7 Å². The number of benzene rings is 2. The minimum atomic E-state index is -0.710. The predicted octanol–water partition coefficient (Wildman–Crippen LogP) is 3.26. The van der Waals surface area contributed by atoms with Crippen molar-refractivity contribution in [2.45, 2.75) is 19.8 Å². The quantitative estimate of drug-likeness (QED) is 0.810. The van der Waals surface area contributed by atoms with Gasteiger partial charge < -0.3 is 20.3 Å². The Kier molecular flexibility index (Phi) is 5.73. The molecule has 2 aromatic carbocycles. The molecule has 2 N–H and O–H groups in total. The first-order chi connectivity index (χ1) is 12.7. The Balaban J connectivity index is 1.54. The molecule has 0 saturated carbocycles. The fourth-order valence-corrected chi connectivity index (χ4v) is 2.91. The largest absolute Gasteiger partial charge is 0.494 e. The van der Waals surface area contributed by atoms with Gasteiger partial charge in [0.15, 0.2) is 0 Å². The number of carbonyl (C=O) groups is 2. The maximum absolute atomic E-state index is 12.1. The Hall–Kier alpha value is -3.02. The standard InChI is InChI=1S/C20H23N3O3/c1-2-26-18-11-7-16(8-12-18)22-20(25)19(24)21-15-5-9-17(10-6-15)23-13-3-4-14-23/h5-12H,2-4,13-14H2,1H3,(H,21,24)(H,22,25). The Morgan fingerprint density at radius 2 is 1.38 bits per heavy atom. The van der Waals surface area contributed by atoms with Gasteiger partial charge >= 0.3 is 11.8 Å². The second-order valence-electron chi connectivity index (χ2n) is 6.11. The molecule has 3 rings (SSSR count). The highest BCUT2D eigenvalue weighted by molar-refractivity contribution is 6.43. The summed E-state index contributed by atoms with van der Waals surface area (Å²) in [6.07, 6.45) is 2.43. The van der Waals surface area contributed by atoms with Crippen molar-refractivity contribution in [1.29, 1.82) is 0 Å². The third-order valence-corrected chi connectivity index (χ3v) is 4.23. The molecule has 1 heterocycles. The molecule has 0 aromatic heterocycles. The van der Waals surface area contributed by atoms with Crippen molar-refractivity contribution >= 4 is 28.9 Å². The van der Waals surface area contributed by atoms with Crippen molar-refractivity contribution in [3.8, 4) is 5.75 Å². The van der Waals surface area contributed by atoms with E-state index in [-0.39, 0.29) is 0 Å². The summed E-state index contributed by atoms with van der Waals surface area (Å²) in [7, 11) is 0. The van der Waals surface area contributed by atoms with Crippen molar-refractivity contribution in [2.75, 3.05) is 35.2 Å². The van der Waals surface area contributed by atoms with Gasteiger partial charge in [0.1, 0.15) is 5.75 Å². The van der Waals surface area contributed by atoms with Crippen LogP contribution in [-0.2, 0) is 9.59 Å². The average molecular weight is 353 g/mol. The smallest absolute Gasteiger partial charge is 0.314 e. The molecule has 0 bridgehead atoms. The normalized spacial score (nSPS) is 13.3. The minimum absolute atomic E-state index is 0.540. The lowest BCUT2D eigenvalue weighted by molar-refractivity contribution is -0.132. The van der Waals surface area contributed by atoms with Crippen LogP contribution in [0.3, 0.4) is 0 Å². The second-order valence-corrected chi connectivity index (χ2v) is 6.11. The summed E-state index contributed by atoms with van der Waals surface area (Å²) in [6, 6.07) is 14.4. The number of ether oxygens (including phenoxy) is 1. The van der Waals surface area contributed by atoms with Crippen LogP contribution in [0.25, 0.3) is 0 Å². The van der Waals surface area contributed by atoms with E-state index in [9.17, 15) is 9.59 Å². The molecule has 0 spiro atoms. The predicted molar refractivity (Wildman–Crippen MR) is 103 cm³/mol. The maximum Gasteiger partial charge on any atom is 0.314 e. The van der Waals surface area contributed by atoms with Crippen LogP contribution in [0.15, 0.2) is 48.5 Å². The van der Waals surface area contributed by atoms with Gasteiger partial charge in [0.25, 0.3) is 0 Å². The molecule has 0 unspecified atom stereocenters. The number of carbonyl (C=O) groups excluding carboxylic acids is 2. The first-order valence-electron chi connectivity index (χ1n) is 8.86. The zero-order valence-corrected chi connectivity index (χ0v) is 14.8. The zero-order valence-electron chi connectivity index (χ0n) is 14.8. The summed E-state index contributed by atoms with van der Waals surface area (Å²) >= 11 is 0. The molecular formula is C20H23N3O3. The van der Waals surface area contributed by atoms with E-state index in [1.54, 1.807) is 24.3 Å². The van der Waals surface area contributed by atoms with Crippen LogP contribution in [0.4, 0.5) is 17.1 Å². The lowest BCUT2D eigenvalue weighted by atomic mass is 10.2. The molecule has 0 radical (unpaired) electrons. The number of anilines is 3. The number of hydrogen-bond donors (Lipinski definition) is 2. The summed E-state index contributed by atoms with van der Waals surface area (Å²) < 4.78 is 5.34. The van der Waals surface area contributed by atoms with Crippen LogP contribution in [-0.4, -0.2) is 31.5 Å². The molecule has 2 aromatic rings. The Labute approximate surface area is 153 Å². The van der Waals surface area contributed by atoms with Crippen LogP contribution in [0, 0.1) is 0 Å². The highest BCUT2D eigenvalue weighted by atomic mass is 16.5. The van der Waals surface area contributed by atoms with Crippen molar-refractivity contribution in [1.82, 2.24) is 0 Å². The fraction of sp³-hybridized carbons (Fsp3) is 0.300. The van der Waals surface area contributed by atoms with Crippen LogP contribution in [0.2, 0.25) is 0 Å². The third-order valence-electron chi connectivity index (χ3n) is 4.23. The van der Waals surface area contributed by atoms with Gasteiger partial charge in [-0.3, -0.25) is 9.59 Å². The molecule has 1 aliphatic heterocycles. The molecule has 1 saturated heterocycles. The van der Waals surface area contributed by atoms with Gasteiger partial charge in [-0.05, 0) is 68.3 Å². The van der Waals surface area contributed by atoms with Crippen LogP contribution in [0.5, 0.6) is 5.75 Å². The van der Waals surface area contributed by atoms with Gasteiger partial charge in [-0.25, -0.2) is 0 Å². The molecule has 1 fully saturated rings. The Morgan fingerprint density at radius 1 is 0.885 bits per heavy atom. The average Bonchev–Trinajstić information content (AvgIpc) is 3.19. The Bertz CT molecular complexity index is 751. The highest BCUT2D eigenvalue weighted by Crippen LogP contribution is 2.22. The first-order valence-corrected chi connectivity index (χ1v) is 8.86. The Morgan fingerprint density at radius 3 is 1.88 bits per heavy atom. The highest BCUT2D eigenvalue weighted by Gasteiger charge is 2.15. The number of amides is 2. The van der Waals surface area contributed by atoms with Crippen LogP contribution >= 0.6 is 0 Å². The summed E-state index contributed by atoms with van der Waals surface area (Å²) in [6.45, 7) is 4.61. The lowest BCUT2D eigenvalue weighted by Crippen LogP contribution is -2.29. The SMILES string of the molecule is CCOc1ccc(NC(=O)C(=O)Nc2ccc(N3CCCC3)cc2)cc1. The summed E-state index contributed by atoms with van der Waals surface area (Å²) in [4.78, 5) is 26.4. The molecule has 0 aliphatic carbocycles. The third kappa shape index (κ3) is 4.53. The molecule has 6 heteroatoms. The number of hydrogen-bond acceptors (Lipinski definition) is 4. The van der Waals surface area contributed by atoms with E-state index in [1.165, 1.54) is 12.8 Å². The van der Waals surface area contributed by atoms with E-state index in [0.29, 0.717) is 23.7 Å². The summed E-state index contributed by atoms with van der Waals surface area (Å²) in [5.74, 6) is -0.696. The van der Waals surface area contributed by atoms with Crippen molar-refractivity contribution < 1.29 is 14.3 Å². The minimum Gasteiger partial charge on any atom is -0.494 e. The number of rotatable bonds is 5. The molecule has 6 nitrogen and oxygen atoms in total. The molecule has 0 atom stereocenters. The van der Waals surface area contributed by atoms with Gasteiger partial charge in [0.05, 0.1) is 6.61 Å². The lowest BCUT2D eigenvalue weighted by Gasteiger charge is -2.17. The molecule has 2 amide bonds. The first kappa shape index (κ1) is 17.8. The van der Waals surface area contributed by atoms with Crippen molar-refractivity contribution in [3.05, 3.63) is 48.5 Å². The van der Waals surface area contributed by atoms with Gasteiger partial charge in [0.2, 0.25) is 0 Å². The van der Waals surface area contributed by atoms with Crippen molar-refractivity contribution in [3.63, 3.8) is 0 Å². The van der Waals surface area contributed by atoms with Gasteiger partial charge in [0, 0.05) is 30.2 Å². The van der Waals surface area contributed by atoms with Gasteiger partial charge in [-0.1, -0.05) is 0 Å². The van der Waals surface area contributed by atoms with E-state index in [2.05, 4.69) is 15.5 Å². The van der Waals surface area contributed by atoms with E-state index >= 15 is 0 Å².